The highest BCUT2D eigenvalue weighted by atomic mass is 32.2. The van der Waals surface area contributed by atoms with Gasteiger partial charge in [-0.2, -0.15) is 0 Å². The third-order valence-corrected chi connectivity index (χ3v) is 4.66. The van der Waals surface area contributed by atoms with Gasteiger partial charge in [0.15, 0.2) is 6.10 Å². The molecule has 156 valence electrons. The number of esters is 1. The number of nitrogens with one attached hydrogen (secondary N) is 2. The molecular formula is C18H21N3O7S. The van der Waals surface area contributed by atoms with E-state index in [9.17, 15) is 22.8 Å². The van der Waals surface area contributed by atoms with Crippen molar-refractivity contribution in [3.05, 3.63) is 47.2 Å². The van der Waals surface area contributed by atoms with Crippen molar-refractivity contribution in [3.8, 4) is 0 Å². The lowest BCUT2D eigenvalue weighted by molar-refractivity contribution is -0.130. The van der Waals surface area contributed by atoms with Crippen LogP contribution in [0.15, 0.2) is 39.8 Å². The van der Waals surface area contributed by atoms with Gasteiger partial charge in [-0.1, -0.05) is 18.2 Å². The monoisotopic (exact) mass is 423 g/mol. The fourth-order valence-corrected chi connectivity index (χ4v) is 2.82. The van der Waals surface area contributed by atoms with E-state index >= 15 is 0 Å². The zero-order chi connectivity index (χ0) is 21.8. The molecule has 1 aromatic carbocycles. The molecule has 0 fully saturated rings. The topological polar surface area (TPSA) is 158 Å². The van der Waals surface area contributed by atoms with E-state index in [1.54, 1.807) is 0 Å². The number of primary sulfonamides is 1. The third-order valence-electron chi connectivity index (χ3n) is 3.88. The van der Waals surface area contributed by atoms with Crippen LogP contribution < -0.4 is 15.8 Å². The maximum absolute atomic E-state index is 12.1. The average Bonchev–Trinajstić information content (AvgIpc) is 3.13. The minimum atomic E-state index is -4.11. The van der Waals surface area contributed by atoms with Crippen LogP contribution in [0.3, 0.4) is 0 Å². The predicted molar refractivity (Wildman–Crippen MR) is 103 cm³/mol. The Morgan fingerprint density at radius 3 is 2.31 bits per heavy atom. The van der Waals surface area contributed by atoms with Gasteiger partial charge in [-0.3, -0.25) is 9.59 Å². The lowest BCUT2D eigenvalue weighted by atomic mass is 10.1. The molecule has 1 heterocycles. The first-order chi connectivity index (χ1) is 13.5. The van der Waals surface area contributed by atoms with Crippen molar-refractivity contribution in [2.24, 2.45) is 5.14 Å². The van der Waals surface area contributed by atoms with Crippen molar-refractivity contribution in [2.75, 3.05) is 11.9 Å². The largest absolute Gasteiger partial charge is 0.447 e. The predicted octanol–water partition coefficient (Wildman–Crippen LogP) is 0.844. The van der Waals surface area contributed by atoms with E-state index in [0.29, 0.717) is 5.69 Å². The Balaban J connectivity index is 1.88. The maximum Gasteiger partial charge on any atom is 0.375 e. The normalized spacial score (nSPS) is 12.1. The standard InChI is InChI=1S/C18H21N3O7S/c1-10-5-4-6-11(2)16(10)21-14(22)9-20-17(23)12(3)27-18(24)13-7-8-15(28-13)29(19,25)26/h4-8,12H,9H2,1-3H3,(H,20,23)(H,21,22)(H2,19,25,26). The van der Waals surface area contributed by atoms with Crippen molar-refractivity contribution in [3.63, 3.8) is 0 Å². The SMILES string of the molecule is Cc1cccc(C)c1NC(=O)CNC(=O)C(C)OC(=O)c1ccc(S(N)(=O)=O)o1. The molecule has 4 N–H and O–H groups in total. The number of furan rings is 1. The van der Waals surface area contributed by atoms with Gasteiger partial charge in [-0.05, 0) is 44.0 Å². The van der Waals surface area contributed by atoms with Gasteiger partial charge in [0.1, 0.15) is 0 Å². The van der Waals surface area contributed by atoms with Crippen LogP contribution in [0.5, 0.6) is 0 Å². The highest BCUT2D eigenvalue weighted by Gasteiger charge is 2.23. The number of anilines is 1. The van der Waals surface area contributed by atoms with Crippen molar-refractivity contribution in [1.82, 2.24) is 5.32 Å². The number of para-hydroxylation sites is 1. The first-order valence-electron chi connectivity index (χ1n) is 8.46. The first-order valence-corrected chi connectivity index (χ1v) is 10.0. The summed E-state index contributed by atoms with van der Waals surface area (Å²) in [5.74, 6) is -2.64. The number of benzene rings is 1. The van der Waals surface area contributed by atoms with Gasteiger partial charge >= 0.3 is 5.97 Å². The summed E-state index contributed by atoms with van der Waals surface area (Å²) in [6, 6.07) is 7.61. The van der Waals surface area contributed by atoms with Crippen LogP contribution >= 0.6 is 0 Å². The summed E-state index contributed by atoms with van der Waals surface area (Å²) in [5, 5.41) is 9.34. The van der Waals surface area contributed by atoms with Crippen LogP contribution in [-0.2, 0) is 24.3 Å². The molecule has 10 nitrogen and oxygen atoms in total. The number of hydrogen-bond acceptors (Lipinski definition) is 7. The van der Waals surface area contributed by atoms with Gasteiger partial charge < -0.3 is 19.8 Å². The number of nitrogens with two attached hydrogens (primary N) is 1. The molecule has 2 amide bonds. The van der Waals surface area contributed by atoms with Crippen molar-refractivity contribution in [1.29, 1.82) is 0 Å². The Morgan fingerprint density at radius 2 is 1.76 bits per heavy atom. The Hall–Kier alpha value is -3.18. The van der Waals surface area contributed by atoms with Gasteiger partial charge in [0.05, 0.1) is 6.54 Å². The highest BCUT2D eigenvalue weighted by molar-refractivity contribution is 7.89. The molecule has 2 rings (SSSR count). The second-order valence-electron chi connectivity index (χ2n) is 6.24. The third kappa shape index (κ3) is 5.90. The van der Waals surface area contributed by atoms with Crippen molar-refractivity contribution >= 4 is 33.5 Å². The Kier molecular flexibility index (Phi) is 6.77. The molecule has 0 aliphatic heterocycles. The summed E-state index contributed by atoms with van der Waals surface area (Å²) >= 11 is 0. The summed E-state index contributed by atoms with van der Waals surface area (Å²) in [4.78, 5) is 36.1. The molecule has 0 saturated heterocycles. The molecular weight excluding hydrogens is 402 g/mol. The smallest absolute Gasteiger partial charge is 0.375 e. The minimum Gasteiger partial charge on any atom is -0.447 e. The van der Waals surface area contributed by atoms with E-state index in [1.165, 1.54) is 6.92 Å². The number of carbonyl (C=O) groups excluding carboxylic acids is 3. The Labute approximate surface area is 167 Å². The lowest BCUT2D eigenvalue weighted by Crippen LogP contribution is -2.40. The molecule has 0 aliphatic rings. The molecule has 1 unspecified atom stereocenters. The first kappa shape index (κ1) is 22.1. The van der Waals surface area contributed by atoms with E-state index in [-0.39, 0.29) is 6.54 Å². The van der Waals surface area contributed by atoms with Gasteiger partial charge in [0.2, 0.25) is 16.8 Å². The summed E-state index contributed by atoms with van der Waals surface area (Å²) in [6.45, 7) is 4.66. The maximum atomic E-state index is 12.1. The average molecular weight is 423 g/mol. The zero-order valence-electron chi connectivity index (χ0n) is 16.0. The lowest BCUT2D eigenvalue weighted by Gasteiger charge is -2.14. The van der Waals surface area contributed by atoms with E-state index in [2.05, 4.69) is 10.6 Å². The molecule has 0 spiro atoms. The van der Waals surface area contributed by atoms with Crippen LogP contribution in [0.2, 0.25) is 0 Å². The van der Waals surface area contributed by atoms with E-state index in [1.807, 2.05) is 32.0 Å². The molecule has 0 saturated carbocycles. The van der Waals surface area contributed by atoms with Crippen LogP contribution in [0, 0.1) is 13.8 Å². The number of carbonyl (C=O) groups is 3. The molecule has 11 heteroatoms. The van der Waals surface area contributed by atoms with E-state index in [4.69, 9.17) is 14.3 Å². The molecule has 0 aliphatic carbocycles. The van der Waals surface area contributed by atoms with Crippen molar-refractivity contribution < 1.29 is 32.0 Å². The van der Waals surface area contributed by atoms with Crippen LogP contribution in [0.1, 0.15) is 28.6 Å². The van der Waals surface area contributed by atoms with Gasteiger partial charge in [0.25, 0.3) is 15.9 Å². The van der Waals surface area contributed by atoms with Gasteiger partial charge in [0, 0.05) is 5.69 Å². The Morgan fingerprint density at radius 1 is 1.14 bits per heavy atom. The number of rotatable bonds is 7. The fourth-order valence-electron chi connectivity index (χ4n) is 2.36. The number of sulfonamides is 1. The number of ether oxygens (including phenoxy) is 1. The molecule has 2 aromatic rings. The van der Waals surface area contributed by atoms with Gasteiger partial charge in [-0.15, -0.1) is 0 Å². The van der Waals surface area contributed by atoms with E-state index in [0.717, 1.165) is 23.3 Å². The summed E-state index contributed by atoms with van der Waals surface area (Å²) in [6.07, 6.45) is -1.25. The molecule has 0 radical (unpaired) electrons. The Bertz CT molecular complexity index is 1020. The molecule has 1 atom stereocenters. The molecule has 1 aromatic heterocycles. The minimum absolute atomic E-state index is 0.329. The molecule has 0 bridgehead atoms. The highest BCUT2D eigenvalue weighted by Crippen LogP contribution is 2.19. The second-order valence-corrected chi connectivity index (χ2v) is 7.74. The van der Waals surface area contributed by atoms with Crippen LogP contribution in [0.25, 0.3) is 0 Å². The van der Waals surface area contributed by atoms with E-state index < -0.39 is 44.8 Å². The zero-order valence-corrected chi connectivity index (χ0v) is 16.8. The summed E-state index contributed by atoms with van der Waals surface area (Å²) < 4.78 is 32.0. The molecule has 29 heavy (non-hydrogen) atoms. The number of hydrogen-bond donors (Lipinski definition) is 3. The van der Waals surface area contributed by atoms with Crippen molar-refractivity contribution in [2.45, 2.75) is 32.0 Å². The van der Waals surface area contributed by atoms with Crippen LogP contribution in [-0.4, -0.2) is 38.9 Å². The van der Waals surface area contributed by atoms with Gasteiger partial charge in [-0.25, -0.2) is 18.4 Å². The quantitative estimate of drug-likeness (QED) is 0.557. The van der Waals surface area contributed by atoms with Crippen LogP contribution in [0.4, 0.5) is 5.69 Å². The second kappa shape index (κ2) is 8.88. The number of aryl methyl sites for hydroxylation is 2. The summed E-state index contributed by atoms with van der Waals surface area (Å²) in [5.41, 5.74) is 2.42. The fraction of sp³-hybridized carbons (Fsp3) is 0.278. The summed E-state index contributed by atoms with van der Waals surface area (Å²) in [7, 11) is -4.11. The number of amides is 2.